The zero-order valence-electron chi connectivity index (χ0n) is 17.1. The lowest BCUT2D eigenvalue weighted by Gasteiger charge is -2.24. The van der Waals surface area contributed by atoms with Crippen molar-refractivity contribution in [1.82, 2.24) is 9.88 Å². The number of fused-ring (bicyclic) bond motifs is 1. The summed E-state index contributed by atoms with van der Waals surface area (Å²) in [6, 6.07) is 3.29. The molecule has 3 atom stereocenters. The van der Waals surface area contributed by atoms with E-state index in [1.165, 1.54) is 4.90 Å². The quantitative estimate of drug-likeness (QED) is 0.684. The van der Waals surface area contributed by atoms with Gasteiger partial charge < -0.3 is 14.1 Å². The molecule has 2 heterocycles. The van der Waals surface area contributed by atoms with Gasteiger partial charge in [0.2, 0.25) is 5.89 Å². The normalized spacial score (nSPS) is 24.1. The number of oxazole rings is 1. The Morgan fingerprint density at radius 2 is 2.10 bits per heavy atom. The molecule has 31 heavy (non-hydrogen) atoms. The zero-order valence-corrected chi connectivity index (χ0v) is 17.9. The van der Waals surface area contributed by atoms with Gasteiger partial charge in [-0.25, -0.2) is 13.4 Å². The number of carbonyl (C=O) groups excluding carboxylic acids is 1. The molecule has 0 N–H and O–H groups in total. The Morgan fingerprint density at radius 3 is 2.68 bits per heavy atom. The van der Waals surface area contributed by atoms with E-state index in [0.29, 0.717) is 18.2 Å². The van der Waals surface area contributed by atoms with E-state index >= 15 is 0 Å². The number of aryl methyl sites for hydroxylation is 1. The average Bonchev–Trinajstić information content (AvgIpc) is 2.99. The molecule has 4 rings (SSSR count). The van der Waals surface area contributed by atoms with Crippen molar-refractivity contribution in [3.8, 4) is 5.75 Å². The molecule has 7 nitrogen and oxygen atoms in total. The molecule has 11 heteroatoms. The first-order valence-electron chi connectivity index (χ1n) is 9.61. The molecule has 2 aliphatic rings. The lowest BCUT2D eigenvalue weighted by molar-refractivity contribution is -0.189. The van der Waals surface area contributed by atoms with Crippen LogP contribution in [-0.4, -0.2) is 55.8 Å². The fourth-order valence-corrected chi connectivity index (χ4v) is 4.64. The second-order valence-electron chi connectivity index (χ2n) is 8.25. The third-order valence-electron chi connectivity index (χ3n) is 5.85. The number of likely N-dealkylation sites (tertiary alicyclic amines) is 1. The topological polar surface area (TPSA) is 89.7 Å². The van der Waals surface area contributed by atoms with E-state index in [0.717, 1.165) is 37.8 Å². The van der Waals surface area contributed by atoms with Gasteiger partial charge in [-0.15, -0.1) is 0 Å². The van der Waals surface area contributed by atoms with E-state index in [4.69, 9.17) is 9.15 Å². The van der Waals surface area contributed by atoms with Gasteiger partial charge in [0, 0.05) is 19.3 Å². The van der Waals surface area contributed by atoms with Gasteiger partial charge >= 0.3 is 6.18 Å². The second-order valence-corrected chi connectivity index (χ2v) is 10.3. The number of aromatic nitrogens is 1. The number of hydrogen-bond acceptors (Lipinski definition) is 6. The van der Waals surface area contributed by atoms with Crippen LogP contribution in [-0.2, 0) is 15.3 Å². The highest BCUT2D eigenvalue weighted by atomic mass is 32.2. The largest absolute Gasteiger partial charge is 0.480 e. The van der Waals surface area contributed by atoms with Crippen molar-refractivity contribution < 1.29 is 35.5 Å². The SMILES string of the molecule is Cc1cnc([C@]23CC2CN(C(=O)c2cc(S(C)(=O)=O)ccc2O[C@H](C)C(F)(F)F)C3)o1. The Morgan fingerprint density at radius 1 is 1.39 bits per heavy atom. The molecule has 0 radical (unpaired) electrons. The number of amides is 1. The van der Waals surface area contributed by atoms with E-state index in [2.05, 4.69) is 4.98 Å². The van der Waals surface area contributed by atoms with E-state index in [-0.39, 0.29) is 28.7 Å². The second kappa shape index (κ2) is 6.98. The summed E-state index contributed by atoms with van der Waals surface area (Å²) in [5.41, 5.74) is -0.627. The lowest BCUT2D eigenvalue weighted by Crippen LogP contribution is -2.35. The Kier molecular flexibility index (Phi) is 4.87. The average molecular weight is 458 g/mol. The summed E-state index contributed by atoms with van der Waals surface area (Å²) in [5.74, 6) is 0.412. The number of benzene rings is 1. The number of rotatable bonds is 5. The van der Waals surface area contributed by atoms with Crippen LogP contribution in [0.2, 0.25) is 0 Å². The number of nitrogens with zero attached hydrogens (tertiary/aromatic N) is 2. The summed E-state index contributed by atoms with van der Waals surface area (Å²) >= 11 is 0. The number of piperidine rings is 1. The van der Waals surface area contributed by atoms with Crippen LogP contribution in [0.1, 0.15) is 35.4 Å². The fraction of sp³-hybridized carbons (Fsp3) is 0.500. The number of alkyl halides is 3. The third-order valence-corrected chi connectivity index (χ3v) is 6.96. The first kappa shape index (κ1) is 21.7. The maximum Gasteiger partial charge on any atom is 0.425 e. The minimum Gasteiger partial charge on any atom is -0.480 e. The number of halogens is 3. The first-order valence-corrected chi connectivity index (χ1v) is 11.5. The molecule has 1 aromatic carbocycles. The highest BCUT2D eigenvalue weighted by Crippen LogP contribution is 2.59. The van der Waals surface area contributed by atoms with Crippen LogP contribution in [0.3, 0.4) is 0 Å². The van der Waals surface area contributed by atoms with Crippen LogP contribution in [0.25, 0.3) is 0 Å². The Balaban J connectivity index is 1.65. The van der Waals surface area contributed by atoms with Gasteiger partial charge in [0.15, 0.2) is 15.9 Å². The predicted molar refractivity (Wildman–Crippen MR) is 103 cm³/mol. The van der Waals surface area contributed by atoms with Gasteiger partial charge in [-0.1, -0.05) is 0 Å². The standard InChI is InChI=1S/C20H21F3N2O5S/c1-11-8-24-18(29-11)19-7-13(19)9-25(10-19)17(26)15-6-14(31(3,27)28)4-5-16(15)30-12(2)20(21,22)23/h4-6,8,12-13H,7,9-10H2,1-3H3/t12-,13?,19+/m1/s1. The van der Waals surface area contributed by atoms with Gasteiger partial charge in [0.1, 0.15) is 11.5 Å². The molecule has 1 amide bonds. The third kappa shape index (κ3) is 3.90. The van der Waals surface area contributed by atoms with Crippen LogP contribution in [0.4, 0.5) is 13.2 Å². The molecule has 1 saturated heterocycles. The number of carbonyl (C=O) groups is 1. The Labute approximate surface area is 177 Å². The molecule has 2 aromatic rings. The van der Waals surface area contributed by atoms with E-state index in [9.17, 15) is 26.4 Å². The van der Waals surface area contributed by atoms with Crippen molar-refractivity contribution in [2.75, 3.05) is 19.3 Å². The molecule has 0 bridgehead atoms. The van der Waals surface area contributed by atoms with Crippen LogP contribution >= 0.6 is 0 Å². The summed E-state index contributed by atoms with van der Waals surface area (Å²) in [6.07, 6.45) is -3.45. The van der Waals surface area contributed by atoms with Crippen LogP contribution in [0, 0.1) is 12.8 Å². The fourth-order valence-electron chi connectivity index (χ4n) is 3.99. The molecule has 1 aliphatic heterocycles. The maximum absolute atomic E-state index is 13.2. The number of ether oxygens (including phenoxy) is 1. The molecular weight excluding hydrogens is 437 g/mol. The van der Waals surface area contributed by atoms with Gasteiger partial charge in [-0.2, -0.15) is 13.2 Å². The van der Waals surface area contributed by atoms with E-state index in [1.807, 2.05) is 0 Å². The van der Waals surface area contributed by atoms with E-state index in [1.54, 1.807) is 13.1 Å². The molecule has 1 saturated carbocycles. The van der Waals surface area contributed by atoms with Crippen LogP contribution in [0.5, 0.6) is 5.75 Å². The van der Waals surface area contributed by atoms with Crippen molar-refractivity contribution in [2.24, 2.45) is 5.92 Å². The Bertz CT molecular complexity index is 1140. The molecule has 1 aromatic heterocycles. The van der Waals surface area contributed by atoms with Gasteiger partial charge in [-0.3, -0.25) is 4.79 Å². The summed E-state index contributed by atoms with van der Waals surface area (Å²) < 4.78 is 73.6. The van der Waals surface area contributed by atoms with Crippen molar-refractivity contribution in [3.63, 3.8) is 0 Å². The smallest absolute Gasteiger partial charge is 0.425 e. The van der Waals surface area contributed by atoms with Crippen LogP contribution < -0.4 is 4.74 Å². The minimum atomic E-state index is -4.64. The molecule has 1 aliphatic carbocycles. The minimum absolute atomic E-state index is 0.131. The lowest BCUT2D eigenvalue weighted by atomic mass is 10.1. The van der Waals surface area contributed by atoms with Crippen molar-refractivity contribution in [3.05, 3.63) is 41.6 Å². The number of sulfone groups is 1. The maximum atomic E-state index is 13.2. The molecule has 2 fully saturated rings. The van der Waals surface area contributed by atoms with Crippen LogP contribution in [0.15, 0.2) is 33.7 Å². The van der Waals surface area contributed by atoms with Crippen molar-refractivity contribution in [1.29, 1.82) is 0 Å². The van der Waals surface area contributed by atoms with E-state index < -0.39 is 33.4 Å². The first-order chi connectivity index (χ1) is 14.3. The number of hydrogen-bond donors (Lipinski definition) is 0. The van der Waals surface area contributed by atoms with Crippen molar-refractivity contribution in [2.45, 2.75) is 42.9 Å². The zero-order chi connectivity index (χ0) is 22.8. The highest BCUT2D eigenvalue weighted by Gasteiger charge is 2.65. The van der Waals surface area contributed by atoms with Gasteiger partial charge in [-0.05, 0) is 44.4 Å². The summed E-state index contributed by atoms with van der Waals surface area (Å²) in [5, 5.41) is 0. The van der Waals surface area contributed by atoms with Crippen molar-refractivity contribution >= 4 is 15.7 Å². The summed E-state index contributed by atoms with van der Waals surface area (Å²) in [4.78, 5) is 18.8. The predicted octanol–water partition coefficient (Wildman–Crippen LogP) is 3.13. The summed E-state index contributed by atoms with van der Waals surface area (Å²) in [7, 11) is -3.68. The van der Waals surface area contributed by atoms with Gasteiger partial charge in [0.25, 0.3) is 5.91 Å². The Hall–Kier alpha value is -2.56. The molecule has 1 unspecified atom stereocenters. The molecule has 168 valence electrons. The molecular formula is C20H21F3N2O5S. The highest BCUT2D eigenvalue weighted by molar-refractivity contribution is 7.90. The summed E-state index contributed by atoms with van der Waals surface area (Å²) in [6.45, 7) is 3.25. The monoisotopic (exact) mass is 458 g/mol. The van der Waals surface area contributed by atoms with Gasteiger partial charge in [0.05, 0.1) is 22.1 Å². The molecule has 0 spiro atoms.